The van der Waals surface area contributed by atoms with Gasteiger partial charge in [-0.25, -0.2) is 9.97 Å². The number of anilines is 1. The molecule has 0 radical (unpaired) electrons. The average Bonchev–Trinajstić information content (AvgIpc) is 2.97. The van der Waals surface area contributed by atoms with Crippen LogP contribution < -0.4 is 10.2 Å². The summed E-state index contributed by atoms with van der Waals surface area (Å²) in [4.78, 5) is 13.4. The van der Waals surface area contributed by atoms with E-state index in [1.54, 1.807) is 7.11 Å². The van der Waals surface area contributed by atoms with E-state index in [1.807, 2.05) is 18.5 Å². The molecule has 1 aromatic rings. The lowest BCUT2D eigenvalue weighted by atomic mass is 10.2. The molecule has 2 saturated heterocycles. The average molecular weight is 277 g/mol. The predicted molar refractivity (Wildman–Crippen MR) is 77.9 cm³/mol. The molecule has 2 aliphatic heterocycles. The van der Waals surface area contributed by atoms with Crippen LogP contribution in [0, 0.1) is 0 Å². The Labute approximate surface area is 120 Å². The van der Waals surface area contributed by atoms with Crippen molar-refractivity contribution in [2.45, 2.75) is 18.6 Å². The van der Waals surface area contributed by atoms with Gasteiger partial charge in [0.15, 0.2) is 0 Å². The Kier molecular flexibility index (Phi) is 4.44. The van der Waals surface area contributed by atoms with E-state index >= 15 is 0 Å². The summed E-state index contributed by atoms with van der Waals surface area (Å²) in [7, 11) is 1.80. The molecule has 3 heterocycles. The Hall–Kier alpha value is -1.24. The number of hydrogen-bond donors (Lipinski definition) is 1. The van der Waals surface area contributed by atoms with Gasteiger partial charge in [-0.2, -0.15) is 0 Å². The van der Waals surface area contributed by atoms with Gasteiger partial charge in [-0.1, -0.05) is 0 Å². The SMILES string of the molecule is COC1CNC(CN2CCN(c3ncccn3)CC2)C1. The molecule has 6 nitrogen and oxygen atoms in total. The molecule has 2 fully saturated rings. The van der Waals surface area contributed by atoms with Gasteiger partial charge < -0.3 is 15.0 Å². The van der Waals surface area contributed by atoms with E-state index in [1.165, 1.54) is 0 Å². The summed E-state index contributed by atoms with van der Waals surface area (Å²) < 4.78 is 5.40. The van der Waals surface area contributed by atoms with Gasteiger partial charge >= 0.3 is 0 Å². The van der Waals surface area contributed by atoms with Gasteiger partial charge in [0.1, 0.15) is 0 Å². The number of aromatic nitrogens is 2. The molecule has 0 aromatic carbocycles. The first-order valence-electron chi connectivity index (χ1n) is 7.35. The molecule has 0 bridgehead atoms. The summed E-state index contributed by atoms with van der Waals surface area (Å²) in [6.45, 7) is 6.26. The zero-order valence-electron chi connectivity index (χ0n) is 12.0. The van der Waals surface area contributed by atoms with Crippen LogP contribution in [0.15, 0.2) is 18.5 Å². The Balaban J connectivity index is 1.45. The van der Waals surface area contributed by atoms with E-state index in [-0.39, 0.29) is 0 Å². The lowest BCUT2D eigenvalue weighted by Gasteiger charge is -2.35. The van der Waals surface area contributed by atoms with Crippen LogP contribution in [0.5, 0.6) is 0 Å². The van der Waals surface area contributed by atoms with Crippen LogP contribution in [0.25, 0.3) is 0 Å². The molecule has 2 atom stereocenters. The second kappa shape index (κ2) is 6.47. The van der Waals surface area contributed by atoms with Crippen LogP contribution in [0.1, 0.15) is 6.42 Å². The maximum atomic E-state index is 5.40. The summed E-state index contributed by atoms with van der Waals surface area (Å²) in [5.41, 5.74) is 0. The summed E-state index contributed by atoms with van der Waals surface area (Å²) in [5, 5.41) is 3.54. The van der Waals surface area contributed by atoms with Crippen molar-refractivity contribution in [3.8, 4) is 0 Å². The van der Waals surface area contributed by atoms with E-state index in [0.717, 1.165) is 51.6 Å². The van der Waals surface area contributed by atoms with Gasteiger partial charge in [0.25, 0.3) is 0 Å². The molecule has 20 heavy (non-hydrogen) atoms. The highest BCUT2D eigenvalue weighted by atomic mass is 16.5. The summed E-state index contributed by atoms with van der Waals surface area (Å²) in [6.07, 6.45) is 5.13. The highest BCUT2D eigenvalue weighted by molar-refractivity contribution is 5.29. The van der Waals surface area contributed by atoms with E-state index in [9.17, 15) is 0 Å². The first kappa shape index (κ1) is 13.7. The van der Waals surface area contributed by atoms with Gasteiger partial charge in [0.2, 0.25) is 5.95 Å². The Bertz CT molecular complexity index is 407. The minimum Gasteiger partial charge on any atom is -0.380 e. The lowest BCUT2D eigenvalue weighted by molar-refractivity contribution is 0.115. The van der Waals surface area contributed by atoms with Crippen LogP contribution in [0.2, 0.25) is 0 Å². The quantitative estimate of drug-likeness (QED) is 0.834. The predicted octanol–water partition coefficient (Wildman–Crippen LogP) is -0.0245. The normalized spacial score (nSPS) is 27.9. The zero-order valence-corrected chi connectivity index (χ0v) is 12.0. The Morgan fingerprint density at radius 2 is 2.00 bits per heavy atom. The molecular weight excluding hydrogens is 254 g/mol. The highest BCUT2D eigenvalue weighted by Crippen LogP contribution is 2.14. The molecular formula is C14H23N5O. The molecule has 1 N–H and O–H groups in total. The summed E-state index contributed by atoms with van der Waals surface area (Å²) in [5.74, 6) is 0.852. The molecule has 0 amide bonds. The van der Waals surface area contributed by atoms with Crippen LogP contribution >= 0.6 is 0 Å². The fourth-order valence-electron chi connectivity index (χ4n) is 3.00. The standard InChI is InChI=1S/C14H23N5O/c1-20-13-9-12(17-10-13)11-18-5-7-19(8-6-18)14-15-3-2-4-16-14/h2-4,12-13,17H,5-11H2,1H3. The maximum Gasteiger partial charge on any atom is 0.225 e. The molecule has 2 unspecified atom stereocenters. The number of rotatable bonds is 4. The summed E-state index contributed by atoms with van der Waals surface area (Å²) in [6, 6.07) is 2.43. The fourth-order valence-corrected chi connectivity index (χ4v) is 3.00. The first-order valence-corrected chi connectivity index (χ1v) is 7.35. The van der Waals surface area contributed by atoms with E-state index in [0.29, 0.717) is 12.1 Å². The number of piperazine rings is 1. The third kappa shape index (κ3) is 3.26. The van der Waals surface area contributed by atoms with Crippen molar-refractivity contribution in [2.75, 3.05) is 51.3 Å². The highest BCUT2D eigenvalue weighted by Gasteiger charge is 2.27. The third-order valence-electron chi connectivity index (χ3n) is 4.20. The number of nitrogens with one attached hydrogen (secondary N) is 1. The van der Waals surface area contributed by atoms with E-state index in [4.69, 9.17) is 4.74 Å². The molecule has 2 aliphatic rings. The molecule has 1 aromatic heterocycles. The lowest BCUT2D eigenvalue weighted by Crippen LogP contribution is -2.50. The molecule has 0 aliphatic carbocycles. The van der Waals surface area contributed by atoms with E-state index in [2.05, 4.69) is 25.1 Å². The molecule has 6 heteroatoms. The molecule has 3 rings (SSSR count). The van der Waals surface area contributed by atoms with Crippen LogP contribution in [0.4, 0.5) is 5.95 Å². The largest absolute Gasteiger partial charge is 0.380 e. The van der Waals surface area contributed by atoms with Gasteiger partial charge in [0.05, 0.1) is 6.10 Å². The van der Waals surface area contributed by atoms with Crippen LogP contribution in [0.3, 0.4) is 0 Å². The Morgan fingerprint density at radius 3 is 2.65 bits per heavy atom. The van der Waals surface area contributed by atoms with Gasteiger partial charge in [-0.05, 0) is 12.5 Å². The summed E-state index contributed by atoms with van der Waals surface area (Å²) >= 11 is 0. The second-order valence-corrected chi connectivity index (χ2v) is 5.54. The van der Waals surface area contributed by atoms with Gasteiger partial charge in [0, 0.05) is 64.8 Å². The smallest absolute Gasteiger partial charge is 0.225 e. The molecule has 0 saturated carbocycles. The minimum absolute atomic E-state index is 0.388. The van der Waals surface area contributed by atoms with Gasteiger partial charge in [-0.15, -0.1) is 0 Å². The Morgan fingerprint density at radius 1 is 1.25 bits per heavy atom. The second-order valence-electron chi connectivity index (χ2n) is 5.54. The number of methoxy groups -OCH3 is 1. The van der Waals surface area contributed by atoms with Gasteiger partial charge in [-0.3, -0.25) is 4.90 Å². The third-order valence-corrected chi connectivity index (χ3v) is 4.20. The van der Waals surface area contributed by atoms with Crippen molar-refractivity contribution >= 4 is 5.95 Å². The van der Waals surface area contributed by atoms with Crippen molar-refractivity contribution in [1.29, 1.82) is 0 Å². The monoisotopic (exact) mass is 277 g/mol. The molecule has 0 spiro atoms. The van der Waals surface area contributed by atoms with Crippen LogP contribution in [-0.2, 0) is 4.74 Å². The van der Waals surface area contributed by atoms with E-state index < -0.39 is 0 Å². The topological polar surface area (TPSA) is 53.5 Å². The van der Waals surface area contributed by atoms with Crippen molar-refractivity contribution < 1.29 is 4.74 Å². The van der Waals surface area contributed by atoms with Crippen LogP contribution in [-0.4, -0.2) is 73.4 Å². The number of hydrogen-bond acceptors (Lipinski definition) is 6. The fraction of sp³-hybridized carbons (Fsp3) is 0.714. The molecule has 110 valence electrons. The van der Waals surface area contributed by atoms with Crippen molar-refractivity contribution in [1.82, 2.24) is 20.2 Å². The first-order chi connectivity index (χ1) is 9.85. The minimum atomic E-state index is 0.388. The maximum absolute atomic E-state index is 5.40. The number of nitrogens with zero attached hydrogens (tertiary/aromatic N) is 4. The number of ether oxygens (including phenoxy) is 1. The zero-order chi connectivity index (χ0) is 13.8. The van der Waals surface area contributed by atoms with Crippen molar-refractivity contribution in [3.63, 3.8) is 0 Å². The van der Waals surface area contributed by atoms with Crippen molar-refractivity contribution in [3.05, 3.63) is 18.5 Å². The van der Waals surface area contributed by atoms with Crippen molar-refractivity contribution in [2.24, 2.45) is 0 Å².